The van der Waals surface area contributed by atoms with Crippen molar-refractivity contribution in [3.63, 3.8) is 0 Å². The Morgan fingerprint density at radius 2 is 2.11 bits per heavy atom. The van der Waals surface area contributed by atoms with Crippen LogP contribution in [0.4, 0.5) is 13.9 Å². The van der Waals surface area contributed by atoms with Gasteiger partial charge in [-0.1, -0.05) is 5.21 Å². The number of fused-ring (bicyclic) bond motifs is 1. The zero-order valence-electron chi connectivity index (χ0n) is 13.3. The van der Waals surface area contributed by atoms with Crippen LogP contribution in [0.5, 0.6) is 0 Å². The minimum Gasteiger partial charge on any atom is -0.300 e. The largest absolute Gasteiger partial charge is 0.300 e. The number of hydrogen-bond acceptors (Lipinski definition) is 7. The van der Waals surface area contributed by atoms with Crippen LogP contribution in [0.3, 0.4) is 0 Å². The van der Waals surface area contributed by atoms with Gasteiger partial charge in [0.2, 0.25) is 5.91 Å². The highest BCUT2D eigenvalue weighted by Gasteiger charge is 2.17. The molecule has 0 spiro atoms. The molecule has 0 bridgehead atoms. The smallest absolute Gasteiger partial charge is 0.284 e. The molecule has 0 atom stereocenters. The summed E-state index contributed by atoms with van der Waals surface area (Å²) in [4.78, 5) is 32.5. The Balaban J connectivity index is 1.67. The Hall–Kier alpha value is -3.54. The Kier molecular flexibility index (Phi) is 4.16. The van der Waals surface area contributed by atoms with E-state index in [1.807, 2.05) is 0 Å². The molecule has 3 heterocycles. The van der Waals surface area contributed by atoms with Crippen LogP contribution in [0.25, 0.3) is 16.9 Å². The molecule has 27 heavy (non-hydrogen) atoms. The first-order valence-electron chi connectivity index (χ1n) is 7.48. The second-order valence-electron chi connectivity index (χ2n) is 5.33. The maximum atomic E-state index is 14.0. The van der Waals surface area contributed by atoms with Crippen molar-refractivity contribution in [3.05, 3.63) is 58.1 Å². The van der Waals surface area contributed by atoms with Gasteiger partial charge in [0.1, 0.15) is 24.4 Å². The van der Waals surface area contributed by atoms with Gasteiger partial charge >= 0.3 is 0 Å². The van der Waals surface area contributed by atoms with Crippen LogP contribution in [0.1, 0.15) is 0 Å². The lowest BCUT2D eigenvalue weighted by Gasteiger charge is -2.06. The fraction of sp³-hybridized carbons (Fsp3) is 0.0667. The number of aromatic nitrogens is 6. The third-order valence-corrected chi connectivity index (χ3v) is 4.25. The molecule has 3 aromatic heterocycles. The molecule has 0 saturated carbocycles. The zero-order valence-corrected chi connectivity index (χ0v) is 14.2. The van der Waals surface area contributed by atoms with Gasteiger partial charge in [0.05, 0.1) is 0 Å². The van der Waals surface area contributed by atoms with Gasteiger partial charge in [0, 0.05) is 17.6 Å². The summed E-state index contributed by atoms with van der Waals surface area (Å²) in [7, 11) is 0. The quantitative estimate of drug-likeness (QED) is 0.565. The van der Waals surface area contributed by atoms with Gasteiger partial charge in [-0.3, -0.25) is 14.2 Å². The number of thiazole rings is 1. The van der Waals surface area contributed by atoms with Crippen LogP contribution in [-0.2, 0) is 11.3 Å². The van der Waals surface area contributed by atoms with Crippen LogP contribution in [0.15, 0.2) is 40.9 Å². The minimum atomic E-state index is -0.879. The fourth-order valence-electron chi connectivity index (χ4n) is 2.37. The molecule has 0 radical (unpaired) electrons. The minimum absolute atomic E-state index is 0.0120. The molecule has 0 aliphatic carbocycles. The molecule has 0 unspecified atom stereocenters. The topological polar surface area (TPSA) is 108 Å². The number of halogens is 2. The highest BCUT2D eigenvalue weighted by molar-refractivity contribution is 7.13. The van der Waals surface area contributed by atoms with Gasteiger partial charge in [0.15, 0.2) is 22.1 Å². The molecule has 0 fully saturated rings. The maximum Gasteiger partial charge on any atom is 0.284 e. The van der Waals surface area contributed by atoms with E-state index in [9.17, 15) is 18.4 Å². The highest BCUT2D eigenvalue weighted by atomic mass is 32.1. The average molecular weight is 389 g/mol. The predicted molar refractivity (Wildman–Crippen MR) is 91.6 cm³/mol. The summed E-state index contributed by atoms with van der Waals surface area (Å²) < 4.78 is 29.1. The van der Waals surface area contributed by atoms with Crippen molar-refractivity contribution in [2.24, 2.45) is 0 Å². The van der Waals surface area contributed by atoms with Crippen molar-refractivity contribution in [2.75, 3.05) is 5.32 Å². The number of hydrogen-bond donors (Lipinski definition) is 1. The van der Waals surface area contributed by atoms with Crippen molar-refractivity contribution in [1.82, 2.24) is 29.5 Å². The highest BCUT2D eigenvalue weighted by Crippen LogP contribution is 2.16. The summed E-state index contributed by atoms with van der Waals surface area (Å²) in [6, 6.07) is 2.90. The second kappa shape index (κ2) is 6.64. The van der Waals surface area contributed by atoms with Crippen molar-refractivity contribution >= 4 is 33.5 Å². The summed E-state index contributed by atoms with van der Waals surface area (Å²) >= 11 is 1.24. The van der Waals surface area contributed by atoms with Crippen LogP contribution in [-0.4, -0.2) is 35.4 Å². The Morgan fingerprint density at radius 1 is 1.26 bits per heavy atom. The van der Waals surface area contributed by atoms with Crippen molar-refractivity contribution in [2.45, 2.75) is 6.54 Å². The second-order valence-corrected chi connectivity index (χ2v) is 6.23. The Bertz CT molecular complexity index is 1200. The number of anilines is 1. The lowest BCUT2D eigenvalue weighted by Crippen LogP contribution is -2.28. The predicted octanol–water partition coefficient (Wildman–Crippen LogP) is 1.35. The fourth-order valence-corrected chi connectivity index (χ4v) is 2.92. The van der Waals surface area contributed by atoms with Gasteiger partial charge in [-0.25, -0.2) is 18.7 Å². The maximum absolute atomic E-state index is 14.0. The van der Waals surface area contributed by atoms with E-state index < -0.39 is 23.1 Å². The number of nitrogens with one attached hydrogen (secondary N) is 1. The molecule has 0 aliphatic heterocycles. The molecule has 1 N–H and O–H groups in total. The molecule has 4 aromatic rings. The first kappa shape index (κ1) is 16.9. The summed E-state index contributed by atoms with van der Waals surface area (Å²) in [5.41, 5.74) is -0.890. The molecule has 9 nitrogen and oxygen atoms in total. The SMILES string of the molecule is O=C(Cn1cnc2c(nnn2-c2ccc(F)cc2F)c1=O)Nc1nccs1. The monoisotopic (exact) mass is 389 g/mol. The molecule has 4 rings (SSSR count). The number of carbonyl (C=O) groups excluding carboxylic acids is 1. The number of nitrogens with zero attached hydrogens (tertiary/aromatic N) is 6. The molecule has 0 saturated heterocycles. The summed E-state index contributed by atoms with van der Waals surface area (Å²) in [5.74, 6) is -2.09. The third-order valence-electron chi connectivity index (χ3n) is 3.56. The van der Waals surface area contributed by atoms with E-state index in [-0.39, 0.29) is 23.4 Å². The molecule has 1 amide bonds. The normalized spacial score (nSPS) is 11.0. The summed E-state index contributed by atoms with van der Waals surface area (Å²) in [5, 5.41) is 12.1. The molecule has 136 valence electrons. The van der Waals surface area contributed by atoms with Crippen LogP contribution in [0.2, 0.25) is 0 Å². The molecular formula is C15H9F2N7O2S. The van der Waals surface area contributed by atoms with Crippen LogP contribution >= 0.6 is 11.3 Å². The van der Waals surface area contributed by atoms with E-state index in [1.165, 1.54) is 17.5 Å². The van der Waals surface area contributed by atoms with Gasteiger partial charge in [0.25, 0.3) is 5.56 Å². The van der Waals surface area contributed by atoms with E-state index >= 15 is 0 Å². The number of amides is 1. The number of rotatable bonds is 4. The van der Waals surface area contributed by atoms with Crippen LogP contribution in [0, 0.1) is 11.6 Å². The summed E-state index contributed by atoms with van der Waals surface area (Å²) in [6.07, 6.45) is 2.67. The van der Waals surface area contributed by atoms with E-state index in [1.54, 1.807) is 5.38 Å². The molecule has 1 aromatic carbocycles. The first-order valence-corrected chi connectivity index (χ1v) is 8.36. The van der Waals surface area contributed by atoms with Crippen molar-refractivity contribution < 1.29 is 13.6 Å². The number of carbonyl (C=O) groups is 1. The standard InChI is InChI=1S/C15H9F2N7O2S/c16-8-1-2-10(9(17)5-8)24-13-12(21-22-24)14(26)23(7-19-13)6-11(25)20-15-18-3-4-27-15/h1-5,7H,6H2,(H,18,20,25). The Morgan fingerprint density at radius 3 is 2.85 bits per heavy atom. The molecule has 12 heteroatoms. The van der Waals surface area contributed by atoms with E-state index in [4.69, 9.17) is 0 Å². The lowest BCUT2D eigenvalue weighted by atomic mass is 10.3. The van der Waals surface area contributed by atoms with Gasteiger partial charge in [-0.15, -0.1) is 16.4 Å². The molecular weight excluding hydrogens is 380 g/mol. The van der Waals surface area contributed by atoms with Gasteiger partial charge in [-0.2, -0.15) is 4.68 Å². The van der Waals surface area contributed by atoms with E-state index in [0.29, 0.717) is 11.2 Å². The summed E-state index contributed by atoms with van der Waals surface area (Å²) in [6.45, 7) is -0.306. The lowest BCUT2D eigenvalue weighted by molar-refractivity contribution is -0.116. The third kappa shape index (κ3) is 3.17. The Labute approximate surface area is 152 Å². The zero-order chi connectivity index (χ0) is 19.0. The van der Waals surface area contributed by atoms with E-state index in [0.717, 1.165) is 27.7 Å². The number of benzene rings is 1. The first-order chi connectivity index (χ1) is 13.0. The molecule has 0 aliphatic rings. The van der Waals surface area contributed by atoms with Crippen molar-refractivity contribution in [1.29, 1.82) is 0 Å². The van der Waals surface area contributed by atoms with Crippen molar-refractivity contribution in [3.8, 4) is 5.69 Å². The van der Waals surface area contributed by atoms with E-state index in [2.05, 4.69) is 25.6 Å². The average Bonchev–Trinajstić information content (AvgIpc) is 3.27. The van der Waals surface area contributed by atoms with Crippen LogP contribution < -0.4 is 10.9 Å². The van der Waals surface area contributed by atoms with Gasteiger partial charge < -0.3 is 5.32 Å². The van der Waals surface area contributed by atoms with Gasteiger partial charge in [-0.05, 0) is 12.1 Å².